The maximum absolute atomic E-state index is 12.6. The van der Waals surface area contributed by atoms with Crippen LogP contribution in [0.25, 0.3) is 0 Å². The van der Waals surface area contributed by atoms with E-state index in [1.165, 1.54) is 24.3 Å². The number of carbonyl (C=O) groups is 1. The Kier molecular flexibility index (Phi) is 3.84. The van der Waals surface area contributed by atoms with Crippen molar-refractivity contribution in [3.05, 3.63) is 53.3 Å². The van der Waals surface area contributed by atoms with Crippen LogP contribution in [-0.2, 0) is 6.18 Å². The van der Waals surface area contributed by atoms with Crippen LogP contribution < -0.4 is 5.32 Å². The van der Waals surface area contributed by atoms with Crippen molar-refractivity contribution in [2.45, 2.75) is 13.1 Å². The van der Waals surface area contributed by atoms with E-state index in [9.17, 15) is 18.0 Å². The molecule has 2 rings (SSSR count). The molecule has 1 heterocycles. The van der Waals surface area contributed by atoms with Crippen LogP contribution in [0.1, 0.15) is 21.6 Å². The highest BCUT2D eigenvalue weighted by atomic mass is 19.4. The first-order valence-electron chi connectivity index (χ1n) is 5.91. The van der Waals surface area contributed by atoms with Crippen LogP contribution in [0.4, 0.5) is 24.5 Å². The second kappa shape index (κ2) is 5.43. The van der Waals surface area contributed by atoms with Gasteiger partial charge in [0.2, 0.25) is 0 Å². The summed E-state index contributed by atoms with van der Waals surface area (Å²) in [6.07, 6.45) is -3.45. The Morgan fingerprint density at radius 2 is 1.95 bits per heavy atom. The molecule has 1 aromatic carbocycles. The molecule has 0 saturated carbocycles. The van der Waals surface area contributed by atoms with Gasteiger partial charge in [0.1, 0.15) is 5.69 Å². The monoisotopic (exact) mass is 296 g/mol. The van der Waals surface area contributed by atoms with Gasteiger partial charge in [-0.2, -0.15) is 13.2 Å². The average Bonchev–Trinajstić information content (AvgIpc) is 2.40. The summed E-state index contributed by atoms with van der Waals surface area (Å²) in [6, 6.07) is 6.62. The summed E-state index contributed by atoms with van der Waals surface area (Å²) in [4.78, 5) is 14.1. The van der Waals surface area contributed by atoms with Crippen LogP contribution in [0.15, 0.2) is 36.5 Å². The number of aromatic nitrogens is 1. The molecular formula is C14H11F3N2O2. The largest absolute Gasteiger partial charge is 0.478 e. The fourth-order valence-corrected chi connectivity index (χ4v) is 1.76. The van der Waals surface area contributed by atoms with Crippen molar-refractivity contribution in [3.8, 4) is 0 Å². The number of rotatable bonds is 3. The zero-order valence-corrected chi connectivity index (χ0v) is 10.9. The van der Waals surface area contributed by atoms with Crippen LogP contribution in [0.5, 0.6) is 0 Å². The van der Waals surface area contributed by atoms with Gasteiger partial charge >= 0.3 is 12.1 Å². The van der Waals surface area contributed by atoms with Crippen molar-refractivity contribution in [1.29, 1.82) is 0 Å². The Bertz CT molecular complexity index is 684. The van der Waals surface area contributed by atoms with Crippen molar-refractivity contribution in [1.82, 2.24) is 4.98 Å². The summed E-state index contributed by atoms with van der Waals surface area (Å²) in [6.45, 7) is 1.67. The number of aromatic carboxylic acids is 1. The third-order valence-electron chi connectivity index (χ3n) is 2.80. The van der Waals surface area contributed by atoms with Gasteiger partial charge in [0.05, 0.1) is 5.56 Å². The minimum atomic E-state index is -4.51. The fourth-order valence-electron chi connectivity index (χ4n) is 1.76. The summed E-state index contributed by atoms with van der Waals surface area (Å²) in [5.74, 6) is -1.06. The molecule has 4 nitrogen and oxygen atoms in total. The minimum absolute atomic E-state index is 0.115. The molecule has 0 saturated heterocycles. The molecule has 0 aliphatic rings. The van der Waals surface area contributed by atoms with Gasteiger partial charge in [-0.15, -0.1) is 0 Å². The summed E-state index contributed by atoms with van der Waals surface area (Å²) in [7, 11) is 0. The molecule has 0 aliphatic carbocycles. The third-order valence-corrected chi connectivity index (χ3v) is 2.80. The molecule has 0 fully saturated rings. The quantitative estimate of drug-likeness (QED) is 0.903. The van der Waals surface area contributed by atoms with Gasteiger partial charge in [-0.25, -0.2) is 4.79 Å². The molecule has 0 radical (unpaired) electrons. The number of anilines is 2. The van der Waals surface area contributed by atoms with Crippen LogP contribution in [0.3, 0.4) is 0 Å². The molecule has 0 aliphatic heterocycles. The van der Waals surface area contributed by atoms with Gasteiger partial charge in [0.15, 0.2) is 0 Å². The normalized spacial score (nSPS) is 11.2. The van der Waals surface area contributed by atoms with Gasteiger partial charge in [-0.1, -0.05) is 0 Å². The number of nitrogens with zero attached hydrogens (tertiary/aromatic N) is 1. The molecule has 0 spiro atoms. The molecule has 7 heteroatoms. The molecule has 0 unspecified atom stereocenters. The number of aryl methyl sites for hydroxylation is 1. The predicted molar refractivity (Wildman–Crippen MR) is 70.7 cm³/mol. The standard InChI is InChI=1S/C14H11F3N2O2/c1-8-6-9(13(20)21)2-3-11(8)19-10-4-5-18-12(7-10)14(15,16)17/h2-7H,1H3,(H,18,19)(H,20,21). The van der Waals surface area contributed by atoms with Gasteiger partial charge in [0.25, 0.3) is 0 Å². The number of hydrogen-bond acceptors (Lipinski definition) is 3. The number of carboxylic acids is 1. The number of carboxylic acid groups (broad SMARTS) is 1. The Morgan fingerprint density at radius 1 is 1.24 bits per heavy atom. The Morgan fingerprint density at radius 3 is 2.52 bits per heavy atom. The zero-order chi connectivity index (χ0) is 15.6. The van der Waals surface area contributed by atoms with Crippen molar-refractivity contribution in [3.63, 3.8) is 0 Å². The van der Waals surface area contributed by atoms with E-state index in [0.717, 1.165) is 12.3 Å². The van der Waals surface area contributed by atoms with Crippen molar-refractivity contribution < 1.29 is 23.1 Å². The highest BCUT2D eigenvalue weighted by molar-refractivity contribution is 5.88. The number of alkyl halides is 3. The average molecular weight is 296 g/mol. The fraction of sp³-hybridized carbons (Fsp3) is 0.143. The van der Waals surface area contributed by atoms with E-state index < -0.39 is 17.8 Å². The summed E-state index contributed by atoms with van der Waals surface area (Å²) >= 11 is 0. The third kappa shape index (κ3) is 3.50. The lowest BCUT2D eigenvalue weighted by Crippen LogP contribution is -2.08. The van der Waals surface area contributed by atoms with Crippen molar-refractivity contribution >= 4 is 17.3 Å². The molecule has 0 amide bonds. The Labute approximate surface area is 118 Å². The lowest BCUT2D eigenvalue weighted by atomic mass is 10.1. The van der Waals surface area contributed by atoms with Crippen molar-refractivity contribution in [2.24, 2.45) is 0 Å². The first-order valence-corrected chi connectivity index (χ1v) is 5.91. The lowest BCUT2D eigenvalue weighted by Gasteiger charge is -2.12. The number of pyridine rings is 1. The molecule has 2 aromatic rings. The highest BCUT2D eigenvalue weighted by Gasteiger charge is 2.32. The summed E-state index contributed by atoms with van der Waals surface area (Å²) < 4.78 is 37.7. The summed E-state index contributed by atoms with van der Waals surface area (Å²) in [5, 5.41) is 11.7. The molecule has 1 aromatic heterocycles. The maximum Gasteiger partial charge on any atom is 0.433 e. The molecular weight excluding hydrogens is 285 g/mol. The molecule has 110 valence electrons. The Hall–Kier alpha value is -2.57. The summed E-state index contributed by atoms with van der Waals surface area (Å²) in [5.41, 5.74) is 0.485. The van der Waals surface area contributed by atoms with Crippen LogP contribution in [0.2, 0.25) is 0 Å². The van der Waals surface area contributed by atoms with E-state index in [1.54, 1.807) is 6.92 Å². The first kappa shape index (κ1) is 14.8. The predicted octanol–water partition coefficient (Wildman–Crippen LogP) is 3.85. The van der Waals surface area contributed by atoms with Gasteiger partial charge in [0, 0.05) is 17.6 Å². The maximum atomic E-state index is 12.6. The van der Waals surface area contributed by atoms with E-state index in [4.69, 9.17) is 5.11 Å². The number of nitrogens with one attached hydrogen (secondary N) is 1. The molecule has 21 heavy (non-hydrogen) atoms. The van der Waals surface area contributed by atoms with Crippen LogP contribution >= 0.6 is 0 Å². The topological polar surface area (TPSA) is 62.2 Å². The number of benzene rings is 1. The van der Waals surface area contributed by atoms with Crippen molar-refractivity contribution in [2.75, 3.05) is 5.32 Å². The smallest absolute Gasteiger partial charge is 0.433 e. The second-order valence-corrected chi connectivity index (χ2v) is 4.39. The van der Waals surface area contributed by atoms with Gasteiger partial charge in [-0.05, 0) is 42.8 Å². The highest BCUT2D eigenvalue weighted by Crippen LogP contribution is 2.30. The minimum Gasteiger partial charge on any atom is -0.478 e. The number of hydrogen-bond donors (Lipinski definition) is 2. The van der Waals surface area contributed by atoms with E-state index in [-0.39, 0.29) is 11.3 Å². The zero-order valence-electron chi connectivity index (χ0n) is 10.9. The molecule has 0 bridgehead atoms. The SMILES string of the molecule is Cc1cc(C(=O)O)ccc1Nc1ccnc(C(F)(F)F)c1. The number of halogens is 3. The molecule has 0 atom stereocenters. The first-order chi connectivity index (χ1) is 9.77. The second-order valence-electron chi connectivity index (χ2n) is 4.39. The molecule has 2 N–H and O–H groups in total. The van der Waals surface area contributed by atoms with E-state index in [2.05, 4.69) is 10.3 Å². The van der Waals surface area contributed by atoms with Crippen LogP contribution in [0, 0.1) is 6.92 Å². The van der Waals surface area contributed by atoms with E-state index >= 15 is 0 Å². The van der Waals surface area contributed by atoms with E-state index in [0.29, 0.717) is 11.3 Å². The van der Waals surface area contributed by atoms with Crippen LogP contribution in [-0.4, -0.2) is 16.1 Å². The lowest BCUT2D eigenvalue weighted by molar-refractivity contribution is -0.141. The van der Waals surface area contributed by atoms with Gasteiger partial charge in [-0.3, -0.25) is 4.98 Å². The van der Waals surface area contributed by atoms with Gasteiger partial charge < -0.3 is 10.4 Å². The Balaban J connectivity index is 2.28. The van der Waals surface area contributed by atoms with E-state index in [1.807, 2.05) is 0 Å².